The van der Waals surface area contributed by atoms with Crippen LogP contribution in [0.25, 0.3) is 0 Å². The maximum absolute atomic E-state index is 12.4. The maximum Gasteiger partial charge on any atom is 0.251 e. The van der Waals surface area contributed by atoms with Gasteiger partial charge in [-0.1, -0.05) is 25.8 Å². The van der Waals surface area contributed by atoms with E-state index in [0.29, 0.717) is 12.1 Å². The molecule has 6 heteroatoms. The number of nitrogens with zero attached hydrogens (tertiary/aromatic N) is 1. The fourth-order valence-corrected chi connectivity index (χ4v) is 3.33. The monoisotopic (exact) mass is 326 g/mol. The number of hydrogen-bond donors (Lipinski definition) is 1. The second kappa shape index (κ2) is 8.29. The van der Waals surface area contributed by atoms with Gasteiger partial charge in [-0.15, -0.1) is 0 Å². The van der Waals surface area contributed by atoms with E-state index in [1.807, 2.05) is 13.8 Å². The minimum atomic E-state index is -3.57. The number of hydrogen-bond acceptors (Lipinski definition) is 3. The van der Waals surface area contributed by atoms with E-state index in [2.05, 4.69) is 12.2 Å². The molecule has 124 valence electrons. The van der Waals surface area contributed by atoms with Gasteiger partial charge in [0.15, 0.2) is 0 Å². The third kappa shape index (κ3) is 4.81. The number of benzene rings is 1. The van der Waals surface area contributed by atoms with Gasteiger partial charge in [0.2, 0.25) is 10.0 Å². The van der Waals surface area contributed by atoms with Crippen molar-refractivity contribution in [3.63, 3.8) is 0 Å². The summed E-state index contributed by atoms with van der Waals surface area (Å²) in [6.07, 6.45) is 3.08. The van der Waals surface area contributed by atoms with Crippen molar-refractivity contribution in [3.8, 4) is 0 Å². The van der Waals surface area contributed by atoms with Crippen LogP contribution in [0.1, 0.15) is 50.4 Å². The van der Waals surface area contributed by atoms with Crippen LogP contribution in [0.15, 0.2) is 29.2 Å². The number of carbonyl (C=O) groups is 1. The lowest BCUT2D eigenvalue weighted by Crippen LogP contribution is -2.33. The first kappa shape index (κ1) is 18.6. The van der Waals surface area contributed by atoms with Crippen LogP contribution in [-0.4, -0.2) is 38.3 Å². The largest absolute Gasteiger partial charge is 0.352 e. The highest BCUT2D eigenvalue weighted by Gasteiger charge is 2.23. The molecule has 22 heavy (non-hydrogen) atoms. The Labute approximate surface area is 133 Å². The Balaban J connectivity index is 2.88. The molecule has 0 heterocycles. The van der Waals surface area contributed by atoms with Crippen LogP contribution in [0, 0.1) is 0 Å². The van der Waals surface area contributed by atoms with E-state index in [1.54, 1.807) is 12.1 Å². The predicted molar refractivity (Wildman–Crippen MR) is 88.4 cm³/mol. The number of unbranched alkanes of at least 4 members (excludes halogenated alkanes) is 2. The summed E-state index contributed by atoms with van der Waals surface area (Å²) in [6, 6.07) is 6.04. The van der Waals surface area contributed by atoms with Crippen LogP contribution in [-0.2, 0) is 10.0 Å². The van der Waals surface area contributed by atoms with E-state index in [9.17, 15) is 13.2 Å². The summed E-state index contributed by atoms with van der Waals surface area (Å²) < 4.78 is 26.2. The van der Waals surface area contributed by atoms with Gasteiger partial charge < -0.3 is 5.32 Å². The summed E-state index contributed by atoms with van der Waals surface area (Å²) in [5, 5.41) is 2.82. The van der Waals surface area contributed by atoms with Crippen molar-refractivity contribution >= 4 is 15.9 Å². The van der Waals surface area contributed by atoms with Crippen molar-refractivity contribution in [2.45, 2.75) is 51.0 Å². The van der Waals surface area contributed by atoms with Crippen molar-refractivity contribution in [2.75, 3.05) is 13.6 Å². The second-order valence-corrected chi connectivity index (χ2v) is 7.60. The van der Waals surface area contributed by atoms with Gasteiger partial charge in [0.05, 0.1) is 4.90 Å². The fraction of sp³-hybridized carbons (Fsp3) is 0.562. The molecule has 1 N–H and O–H groups in total. The third-order valence-corrected chi connectivity index (χ3v) is 5.60. The summed E-state index contributed by atoms with van der Waals surface area (Å²) in [6.45, 7) is 6.32. The zero-order valence-corrected chi connectivity index (χ0v) is 14.6. The second-order valence-electron chi connectivity index (χ2n) is 5.61. The minimum Gasteiger partial charge on any atom is -0.352 e. The molecule has 0 aliphatic heterocycles. The highest BCUT2D eigenvalue weighted by molar-refractivity contribution is 7.89. The van der Waals surface area contributed by atoms with Crippen LogP contribution < -0.4 is 5.32 Å². The fourth-order valence-electron chi connectivity index (χ4n) is 1.92. The molecule has 0 radical (unpaired) electrons. The molecule has 0 fully saturated rings. The first-order valence-corrected chi connectivity index (χ1v) is 9.11. The van der Waals surface area contributed by atoms with Crippen LogP contribution in [0.3, 0.4) is 0 Å². The lowest BCUT2D eigenvalue weighted by Gasteiger charge is -2.21. The summed E-state index contributed by atoms with van der Waals surface area (Å²) >= 11 is 0. The number of nitrogens with one attached hydrogen (secondary N) is 1. The summed E-state index contributed by atoms with van der Waals surface area (Å²) in [4.78, 5) is 12.2. The zero-order chi connectivity index (χ0) is 16.8. The normalized spacial score (nSPS) is 11.9. The van der Waals surface area contributed by atoms with E-state index in [0.717, 1.165) is 19.3 Å². The summed E-state index contributed by atoms with van der Waals surface area (Å²) in [7, 11) is -2.03. The molecular weight excluding hydrogens is 300 g/mol. The Kier molecular flexibility index (Phi) is 7.03. The molecule has 0 aromatic heterocycles. The lowest BCUT2D eigenvalue weighted by atomic mass is 10.2. The topological polar surface area (TPSA) is 66.5 Å². The zero-order valence-electron chi connectivity index (χ0n) is 13.8. The van der Waals surface area contributed by atoms with Crippen molar-refractivity contribution in [1.82, 2.24) is 9.62 Å². The van der Waals surface area contributed by atoms with E-state index >= 15 is 0 Å². The van der Waals surface area contributed by atoms with E-state index in [1.165, 1.54) is 23.5 Å². The summed E-state index contributed by atoms with van der Waals surface area (Å²) in [5.74, 6) is -0.236. The number of amides is 1. The first-order valence-electron chi connectivity index (χ1n) is 7.67. The van der Waals surface area contributed by atoms with Gasteiger partial charge in [0.1, 0.15) is 0 Å². The molecule has 0 saturated heterocycles. The predicted octanol–water partition coefficient (Wildman–Crippen LogP) is 2.64. The minimum absolute atomic E-state index is 0.142. The molecule has 5 nitrogen and oxygen atoms in total. The Morgan fingerprint density at radius 1 is 1.27 bits per heavy atom. The number of rotatable bonds is 8. The molecular formula is C16H26N2O3S. The Morgan fingerprint density at radius 3 is 2.55 bits per heavy atom. The van der Waals surface area contributed by atoms with Crippen LogP contribution in [0.2, 0.25) is 0 Å². The van der Waals surface area contributed by atoms with Gasteiger partial charge in [0, 0.05) is 25.2 Å². The number of carbonyl (C=O) groups excluding carboxylic acids is 1. The van der Waals surface area contributed by atoms with Crippen LogP contribution >= 0.6 is 0 Å². The average Bonchev–Trinajstić information content (AvgIpc) is 2.50. The summed E-state index contributed by atoms with van der Waals surface area (Å²) in [5.41, 5.74) is 0.370. The molecule has 0 spiro atoms. The van der Waals surface area contributed by atoms with Crippen molar-refractivity contribution in [1.29, 1.82) is 0 Å². The van der Waals surface area contributed by atoms with Gasteiger partial charge in [0.25, 0.3) is 5.91 Å². The Bertz CT molecular complexity index is 597. The highest BCUT2D eigenvalue weighted by atomic mass is 32.2. The van der Waals surface area contributed by atoms with Crippen molar-refractivity contribution < 1.29 is 13.2 Å². The van der Waals surface area contributed by atoms with Gasteiger partial charge >= 0.3 is 0 Å². The number of sulfonamides is 1. The molecule has 0 unspecified atom stereocenters. The van der Waals surface area contributed by atoms with Crippen LogP contribution in [0.4, 0.5) is 0 Å². The standard InChI is InChI=1S/C16H26N2O3S/c1-5-6-7-11-17-16(19)14-9-8-10-15(12-14)22(20,21)18(4)13(2)3/h8-10,12-13H,5-7,11H2,1-4H3,(H,17,19). The SMILES string of the molecule is CCCCCNC(=O)c1cccc(S(=O)(=O)N(C)C(C)C)c1. The maximum atomic E-state index is 12.4. The molecule has 0 aliphatic carbocycles. The lowest BCUT2D eigenvalue weighted by molar-refractivity contribution is 0.0952. The molecule has 0 saturated carbocycles. The van der Waals surface area contributed by atoms with Gasteiger partial charge in [-0.2, -0.15) is 4.31 Å². The Morgan fingerprint density at radius 2 is 1.95 bits per heavy atom. The average molecular weight is 326 g/mol. The van der Waals surface area contributed by atoms with Gasteiger partial charge in [-0.25, -0.2) is 8.42 Å². The molecule has 1 aromatic rings. The molecule has 0 bridgehead atoms. The molecule has 1 rings (SSSR count). The third-order valence-electron chi connectivity index (χ3n) is 3.57. The van der Waals surface area contributed by atoms with E-state index in [4.69, 9.17) is 0 Å². The first-order chi connectivity index (χ1) is 10.3. The van der Waals surface area contributed by atoms with Crippen molar-refractivity contribution in [3.05, 3.63) is 29.8 Å². The van der Waals surface area contributed by atoms with Gasteiger partial charge in [-0.3, -0.25) is 4.79 Å². The molecule has 1 aromatic carbocycles. The molecule has 1 amide bonds. The van der Waals surface area contributed by atoms with Crippen LogP contribution in [0.5, 0.6) is 0 Å². The van der Waals surface area contributed by atoms with E-state index < -0.39 is 10.0 Å². The van der Waals surface area contributed by atoms with E-state index in [-0.39, 0.29) is 16.8 Å². The van der Waals surface area contributed by atoms with Crippen molar-refractivity contribution in [2.24, 2.45) is 0 Å². The Hall–Kier alpha value is -1.40. The highest BCUT2D eigenvalue weighted by Crippen LogP contribution is 2.17. The molecule has 0 atom stereocenters. The van der Waals surface area contributed by atoms with Gasteiger partial charge in [-0.05, 0) is 38.5 Å². The smallest absolute Gasteiger partial charge is 0.251 e. The quantitative estimate of drug-likeness (QED) is 0.747. The molecule has 0 aliphatic rings.